The third-order valence-corrected chi connectivity index (χ3v) is 5.62. The Morgan fingerprint density at radius 1 is 1.40 bits per heavy atom. The predicted molar refractivity (Wildman–Crippen MR) is 84.0 cm³/mol. The Kier molecular flexibility index (Phi) is 4.70. The lowest BCUT2D eigenvalue weighted by atomic mass is 10.1. The first-order valence-electron chi connectivity index (χ1n) is 7.20. The molecule has 4 nitrogen and oxygen atoms in total. The highest BCUT2D eigenvalue weighted by Crippen LogP contribution is 2.26. The van der Waals surface area contributed by atoms with Crippen molar-refractivity contribution in [3.63, 3.8) is 0 Å². The lowest BCUT2D eigenvalue weighted by Gasteiger charge is -2.36. The highest BCUT2D eigenvalue weighted by molar-refractivity contribution is 7.91. The summed E-state index contributed by atoms with van der Waals surface area (Å²) < 4.78 is 23.3. The van der Waals surface area contributed by atoms with Crippen molar-refractivity contribution in [1.29, 1.82) is 0 Å². The van der Waals surface area contributed by atoms with E-state index in [0.29, 0.717) is 6.54 Å². The summed E-state index contributed by atoms with van der Waals surface area (Å²) in [7, 11) is -2.86. The summed E-state index contributed by atoms with van der Waals surface area (Å²) in [5, 5.41) is 3.32. The van der Waals surface area contributed by atoms with E-state index in [2.05, 4.69) is 42.3 Å². The van der Waals surface area contributed by atoms with Gasteiger partial charge in [0.15, 0.2) is 9.84 Å². The van der Waals surface area contributed by atoms with Crippen molar-refractivity contribution >= 4 is 15.5 Å². The van der Waals surface area contributed by atoms with Crippen LogP contribution in [-0.4, -0.2) is 39.1 Å². The maximum atomic E-state index is 11.7. The number of hydrogen-bond donors (Lipinski definition) is 1. The monoisotopic (exact) mass is 296 g/mol. The van der Waals surface area contributed by atoms with E-state index in [0.717, 1.165) is 18.8 Å². The van der Waals surface area contributed by atoms with E-state index in [4.69, 9.17) is 0 Å². The topological polar surface area (TPSA) is 49.4 Å². The Morgan fingerprint density at radius 3 is 2.75 bits per heavy atom. The van der Waals surface area contributed by atoms with Gasteiger partial charge in [-0.3, -0.25) is 0 Å². The summed E-state index contributed by atoms with van der Waals surface area (Å²) >= 11 is 0. The molecule has 0 spiro atoms. The van der Waals surface area contributed by atoms with Gasteiger partial charge in [0.25, 0.3) is 0 Å². The quantitative estimate of drug-likeness (QED) is 0.919. The fraction of sp³-hybridized carbons (Fsp3) is 0.600. The Morgan fingerprint density at radius 2 is 2.15 bits per heavy atom. The lowest BCUT2D eigenvalue weighted by Crippen LogP contribution is -2.47. The van der Waals surface area contributed by atoms with Crippen LogP contribution in [0.2, 0.25) is 0 Å². The van der Waals surface area contributed by atoms with Gasteiger partial charge in [-0.05, 0) is 37.6 Å². The van der Waals surface area contributed by atoms with Gasteiger partial charge in [0.2, 0.25) is 0 Å². The van der Waals surface area contributed by atoms with E-state index >= 15 is 0 Å². The number of rotatable bonds is 4. The van der Waals surface area contributed by atoms with Gasteiger partial charge in [-0.2, -0.15) is 0 Å². The second-order valence-corrected chi connectivity index (χ2v) is 7.79. The molecule has 1 heterocycles. The number of hydrogen-bond acceptors (Lipinski definition) is 4. The van der Waals surface area contributed by atoms with Crippen molar-refractivity contribution in [1.82, 2.24) is 5.32 Å². The second-order valence-electron chi connectivity index (χ2n) is 5.56. The molecule has 5 heteroatoms. The number of benzene rings is 1. The summed E-state index contributed by atoms with van der Waals surface area (Å²) in [6, 6.07) is 6.48. The van der Waals surface area contributed by atoms with Crippen LogP contribution in [0, 0.1) is 6.92 Å². The molecule has 20 heavy (non-hydrogen) atoms. The van der Waals surface area contributed by atoms with E-state index in [1.807, 2.05) is 6.92 Å². The van der Waals surface area contributed by atoms with Crippen LogP contribution in [0.25, 0.3) is 0 Å². The molecule has 0 aromatic heterocycles. The maximum Gasteiger partial charge on any atom is 0.154 e. The average Bonchev–Trinajstić information content (AvgIpc) is 2.37. The zero-order valence-corrected chi connectivity index (χ0v) is 13.3. The number of sulfone groups is 1. The molecule has 0 radical (unpaired) electrons. The zero-order valence-electron chi connectivity index (χ0n) is 12.5. The Balaban J connectivity index is 2.17. The highest BCUT2D eigenvalue weighted by atomic mass is 32.2. The van der Waals surface area contributed by atoms with E-state index in [1.165, 1.54) is 11.1 Å². The van der Waals surface area contributed by atoms with Gasteiger partial charge in [0.05, 0.1) is 11.5 Å². The maximum absolute atomic E-state index is 11.7. The van der Waals surface area contributed by atoms with Crippen molar-refractivity contribution in [3.8, 4) is 0 Å². The molecule has 2 rings (SSSR count). The number of aryl methyl sites for hydroxylation is 1. The van der Waals surface area contributed by atoms with E-state index in [9.17, 15) is 8.42 Å². The molecule has 1 aromatic rings. The molecule has 112 valence electrons. The number of nitrogens with zero attached hydrogens (tertiary/aromatic N) is 1. The molecule has 0 saturated carbocycles. The second kappa shape index (κ2) is 6.14. The Hall–Kier alpha value is -1.07. The fourth-order valence-corrected chi connectivity index (χ4v) is 4.33. The normalized spacial score (nSPS) is 21.9. The van der Waals surface area contributed by atoms with Crippen molar-refractivity contribution < 1.29 is 8.42 Å². The summed E-state index contributed by atoms with van der Waals surface area (Å²) in [6.07, 6.45) is 0. The number of anilines is 1. The van der Waals surface area contributed by atoms with Gasteiger partial charge < -0.3 is 10.2 Å². The lowest BCUT2D eigenvalue weighted by molar-refractivity contribution is 0.568. The minimum atomic E-state index is -2.86. The molecular formula is C15H24N2O2S. The van der Waals surface area contributed by atoms with Crippen molar-refractivity contribution in [2.24, 2.45) is 0 Å². The van der Waals surface area contributed by atoms with Crippen LogP contribution in [0.1, 0.15) is 25.0 Å². The average molecular weight is 296 g/mol. The van der Waals surface area contributed by atoms with Crippen molar-refractivity contribution in [3.05, 3.63) is 29.3 Å². The van der Waals surface area contributed by atoms with Crippen molar-refractivity contribution in [2.75, 3.05) is 29.5 Å². The molecule has 1 N–H and O–H groups in total. The standard InChI is InChI=1S/C15H24N2O2S/c1-4-16-10-14-5-6-15(12(2)9-14)17-7-8-20(18,19)11-13(17)3/h5-6,9,13,16H,4,7-8,10-11H2,1-3H3. The van der Waals surface area contributed by atoms with Gasteiger partial charge in [0, 0.05) is 24.8 Å². The summed E-state index contributed by atoms with van der Waals surface area (Å²) in [6.45, 7) is 8.61. The molecule has 1 fully saturated rings. The minimum absolute atomic E-state index is 0.0482. The predicted octanol–water partition coefficient (Wildman–Crippen LogP) is 1.73. The molecular weight excluding hydrogens is 272 g/mol. The zero-order chi connectivity index (χ0) is 14.8. The van der Waals surface area contributed by atoms with E-state index in [-0.39, 0.29) is 17.5 Å². The minimum Gasteiger partial charge on any atom is -0.367 e. The Labute approximate surface area is 122 Å². The van der Waals surface area contributed by atoms with Crippen LogP contribution in [0.5, 0.6) is 0 Å². The molecule has 1 aliphatic rings. The van der Waals surface area contributed by atoms with Crippen LogP contribution in [0.4, 0.5) is 5.69 Å². The van der Waals surface area contributed by atoms with E-state index in [1.54, 1.807) is 0 Å². The van der Waals surface area contributed by atoms with Gasteiger partial charge >= 0.3 is 0 Å². The van der Waals surface area contributed by atoms with Gasteiger partial charge in [-0.25, -0.2) is 8.42 Å². The Bertz CT molecular complexity index is 569. The van der Waals surface area contributed by atoms with E-state index < -0.39 is 9.84 Å². The first-order chi connectivity index (χ1) is 9.43. The van der Waals surface area contributed by atoms with Crippen molar-refractivity contribution in [2.45, 2.75) is 33.4 Å². The third-order valence-electron chi connectivity index (χ3n) is 3.82. The van der Waals surface area contributed by atoms with Crippen LogP contribution in [-0.2, 0) is 16.4 Å². The molecule has 1 aliphatic heterocycles. The largest absolute Gasteiger partial charge is 0.367 e. The smallest absolute Gasteiger partial charge is 0.154 e. The first kappa shape index (κ1) is 15.3. The molecule has 1 saturated heterocycles. The summed E-state index contributed by atoms with van der Waals surface area (Å²) in [5.74, 6) is 0.515. The van der Waals surface area contributed by atoms with Gasteiger partial charge in [0.1, 0.15) is 0 Å². The van der Waals surface area contributed by atoms with Crippen LogP contribution < -0.4 is 10.2 Å². The SMILES string of the molecule is CCNCc1ccc(N2CCS(=O)(=O)CC2C)c(C)c1. The van der Waals surface area contributed by atoms with Crippen LogP contribution >= 0.6 is 0 Å². The van der Waals surface area contributed by atoms with Gasteiger partial charge in [-0.1, -0.05) is 19.1 Å². The molecule has 0 amide bonds. The van der Waals surface area contributed by atoms with Gasteiger partial charge in [-0.15, -0.1) is 0 Å². The molecule has 0 aliphatic carbocycles. The summed E-state index contributed by atoms with van der Waals surface area (Å²) in [5.41, 5.74) is 3.64. The summed E-state index contributed by atoms with van der Waals surface area (Å²) in [4.78, 5) is 2.22. The third kappa shape index (κ3) is 3.52. The molecule has 1 unspecified atom stereocenters. The number of nitrogens with one attached hydrogen (secondary N) is 1. The molecule has 0 bridgehead atoms. The molecule has 1 aromatic carbocycles. The fourth-order valence-electron chi connectivity index (χ4n) is 2.78. The van der Waals surface area contributed by atoms with Crippen LogP contribution in [0.15, 0.2) is 18.2 Å². The van der Waals surface area contributed by atoms with Crippen LogP contribution in [0.3, 0.4) is 0 Å². The first-order valence-corrected chi connectivity index (χ1v) is 9.02. The highest BCUT2D eigenvalue weighted by Gasteiger charge is 2.28. The molecule has 1 atom stereocenters.